The van der Waals surface area contributed by atoms with Crippen LogP contribution in [-0.4, -0.2) is 36.2 Å². The molecule has 0 unspecified atom stereocenters. The summed E-state index contributed by atoms with van der Waals surface area (Å²) in [5.41, 5.74) is -0.184. The summed E-state index contributed by atoms with van der Waals surface area (Å²) in [6.45, 7) is 0. The summed E-state index contributed by atoms with van der Waals surface area (Å²) in [6.07, 6.45) is 0. The smallest absolute Gasteiger partial charge is 0.356 e. The average Bonchev–Trinajstić information content (AvgIpc) is 2.27. The van der Waals surface area contributed by atoms with Crippen LogP contribution in [0.2, 0.25) is 0 Å². The van der Waals surface area contributed by atoms with E-state index >= 15 is 0 Å². The molecule has 0 spiro atoms. The van der Waals surface area contributed by atoms with E-state index in [9.17, 15) is 9.59 Å². The van der Waals surface area contributed by atoms with Crippen LogP contribution in [0, 0.1) is 0 Å². The summed E-state index contributed by atoms with van der Waals surface area (Å²) in [5, 5.41) is 8.75. The number of hydrogen-bond donors (Lipinski definition) is 1. The van der Waals surface area contributed by atoms with Crippen molar-refractivity contribution in [2.45, 2.75) is 0 Å². The lowest BCUT2D eigenvalue weighted by molar-refractivity contribution is 0.0593. The lowest BCUT2D eigenvalue weighted by atomic mass is 10.2. The van der Waals surface area contributed by atoms with E-state index in [1.807, 2.05) is 0 Å². The predicted octanol–water partition coefficient (Wildman–Crippen LogP) is 0.575. The molecule has 0 saturated heterocycles. The standard InChI is InChI=1S/C9H9NO5/c1-14-7-4-5(8(11)12)3-6(10-7)9(13)15-2/h3-4H,1-2H3,(H,11,12). The first kappa shape index (κ1) is 11.0. The van der Waals surface area contributed by atoms with Crippen LogP contribution in [-0.2, 0) is 4.74 Å². The zero-order valence-electron chi connectivity index (χ0n) is 8.18. The van der Waals surface area contributed by atoms with Gasteiger partial charge in [0.2, 0.25) is 5.88 Å². The molecule has 15 heavy (non-hydrogen) atoms. The summed E-state index contributed by atoms with van der Waals surface area (Å²) >= 11 is 0. The van der Waals surface area contributed by atoms with Crippen LogP contribution >= 0.6 is 0 Å². The predicted molar refractivity (Wildman–Crippen MR) is 49.1 cm³/mol. The Morgan fingerprint density at radius 3 is 2.47 bits per heavy atom. The third kappa shape index (κ3) is 2.43. The van der Waals surface area contributed by atoms with Gasteiger partial charge < -0.3 is 14.6 Å². The second-order valence-corrected chi connectivity index (χ2v) is 2.58. The molecule has 0 atom stereocenters. The van der Waals surface area contributed by atoms with Gasteiger partial charge in [-0.25, -0.2) is 14.6 Å². The molecule has 0 aliphatic heterocycles. The van der Waals surface area contributed by atoms with E-state index in [1.54, 1.807) is 0 Å². The van der Waals surface area contributed by atoms with Crippen LogP contribution in [0.15, 0.2) is 12.1 Å². The Labute approximate surface area is 85.5 Å². The van der Waals surface area contributed by atoms with Gasteiger partial charge in [0.1, 0.15) is 0 Å². The summed E-state index contributed by atoms with van der Waals surface area (Å²) in [5.74, 6) is -1.83. The SMILES string of the molecule is COC(=O)c1cc(C(=O)O)cc(OC)n1. The minimum absolute atomic E-state index is 0.0512. The van der Waals surface area contributed by atoms with Crippen molar-refractivity contribution in [1.29, 1.82) is 0 Å². The number of carboxylic acid groups (broad SMARTS) is 1. The Kier molecular flexibility index (Phi) is 3.22. The number of methoxy groups -OCH3 is 2. The van der Waals surface area contributed by atoms with Gasteiger partial charge in [-0.05, 0) is 6.07 Å². The van der Waals surface area contributed by atoms with Crippen LogP contribution in [0.3, 0.4) is 0 Å². The molecule has 1 aromatic heterocycles. The Balaban J connectivity index is 3.23. The molecule has 0 saturated carbocycles. The van der Waals surface area contributed by atoms with Crippen LogP contribution in [0.25, 0.3) is 0 Å². The molecule has 1 N–H and O–H groups in total. The van der Waals surface area contributed by atoms with Gasteiger partial charge in [-0.1, -0.05) is 0 Å². The minimum atomic E-state index is -1.17. The van der Waals surface area contributed by atoms with Crippen LogP contribution in [0.1, 0.15) is 20.8 Å². The maximum atomic E-state index is 11.1. The average molecular weight is 211 g/mol. The monoisotopic (exact) mass is 211 g/mol. The molecule has 0 fully saturated rings. The first-order valence-corrected chi connectivity index (χ1v) is 3.96. The van der Waals surface area contributed by atoms with E-state index in [2.05, 4.69) is 9.72 Å². The summed E-state index contributed by atoms with van der Waals surface area (Å²) < 4.78 is 9.18. The van der Waals surface area contributed by atoms with E-state index in [4.69, 9.17) is 9.84 Å². The molecule has 80 valence electrons. The van der Waals surface area contributed by atoms with Gasteiger partial charge in [0.25, 0.3) is 0 Å². The maximum Gasteiger partial charge on any atom is 0.356 e. The fraction of sp³-hybridized carbons (Fsp3) is 0.222. The van der Waals surface area contributed by atoms with Gasteiger partial charge in [0.15, 0.2) is 5.69 Å². The number of carbonyl (C=O) groups excluding carboxylic acids is 1. The molecule has 6 heteroatoms. The van der Waals surface area contributed by atoms with Gasteiger partial charge in [0, 0.05) is 6.07 Å². The molecule has 0 radical (unpaired) electrons. The first-order valence-electron chi connectivity index (χ1n) is 3.96. The Bertz CT molecular complexity index is 401. The molecular weight excluding hydrogens is 202 g/mol. The number of pyridine rings is 1. The van der Waals surface area contributed by atoms with E-state index in [0.717, 1.165) is 6.07 Å². The molecular formula is C9H9NO5. The van der Waals surface area contributed by atoms with Crippen molar-refractivity contribution >= 4 is 11.9 Å². The van der Waals surface area contributed by atoms with Gasteiger partial charge in [-0.3, -0.25) is 0 Å². The van der Waals surface area contributed by atoms with Crippen molar-refractivity contribution in [2.24, 2.45) is 0 Å². The fourth-order valence-corrected chi connectivity index (χ4v) is 0.942. The summed E-state index contributed by atoms with van der Waals surface area (Å²) in [4.78, 5) is 25.6. The number of nitrogens with zero attached hydrogens (tertiary/aromatic N) is 1. The fourth-order valence-electron chi connectivity index (χ4n) is 0.942. The van der Waals surface area contributed by atoms with Crippen molar-refractivity contribution in [1.82, 2.24) is 4.98 Å². The van der Waals surface area contributed by atoms with Crippen LogP contribution in [0.4, 0.5) is 0 Å². The first-order chi connectivity index (χ1) is 7.08. The van der Waals surface area contributed by atoms with E-state index in [0.29, 0.717) is 0 Å². The number of aromatic nitrogens is 1. The van der Waals surface area contributed by atoms with Crippen molar-refractivity contribution in [3.05, 3.63) is 23.4 Å². The largest absolute Gasteiger partial charge is 0.481 e. The maximum absolute atomic E-state index is 11.1. The lowest BCUT2D eigenvalue weighted by Gasteiger charge is -2.03. The van der Waals surface area contributed by atoms with Crippen molar-refractivity contribution in [3.63, 3.8) is 0 Å². The number of aromatic carboxylic acids is 1. The molecule has 1 heterocycles. The van der Waals surface area contributed by atoms with E-state index in [-0.39, 0.29) is 17.1 Å². The third-order valence-corrected chi connectivity index (χ3v) is 1.65. The van der Waals surface area contributed by atoms with Crippen LogP contribution in [0.5, 0.6) is 5.88 Å². The topological polar surface area (TPSA) is 85.7 Å². The number of carbonyl (C=O) groups is 2. The highest BCUT2D eigenvalue weighted by molar-refractivity contribution is 5.93. The van der Waals surface area contributed by atoms with Crippen molar-refractivity contribution in [2.75, 3.05) is 14.2 Å². The number of esters is 1. The minimum Gasteiger partial charge on any atom is -0.481 e. The van der Waals surface area contributed by atoms with E-state index < -0.39 is 11.9 Å². The molecule has 0 aliphatic carbocycles. The third-order valence-electron chi connectivity index (χ3n) is 1.65. The highest BCUT2D eigenvalue weighted by Gasteiger charge is 2.14. The molecule has 1 rings (SSSR count). The second-order valence-electron chi connectivity index (χ2n) is 2.58. The Hall–Kier alpha value is -2.11. The molecule has 0 aliphatic rings. The number of ether oxygens (including phenoxy) is 2. The Morgan fingerprint density at radius 1 is 1.33 bits per heavy atom. The summed E-state index contributed by atoms with van der Waals surface area (Å²) in [7, 11) is 2.51. The normalized spacial score (nSPS) is 9.47. The van der Waals surface area contributed by atoms with Gasteiger partial charge in [0.05, 0.1) is 19.8 Å². The second kappa shape index (κ2) is 4.41. The number of carboxylic acids is 1. The number of hydrogen-bond acceptors (Lipinski definition) is 5. The summed E-state index contributed by atoms with van der Waals surface area (Å²) in [6, 6.07) is 2.34. The highest BCUT2D eigenvalue weighted by Crippen LogP contribution is 2.13. The molecule has 6 nitrogen and oxygen atoms in total. The van der Waals surface area contributed by atoms with Gasteiger partial charge in [-0.15, -0.1) is 0 Å². The van der Waals surface area contributed by atoms with Gasteiger partial charge >= 0.3 is 11.9 Å². The van der Waals surface area contributed by atoms with Crippen molar-refractivity contribution in [3.8, 4) is 5.88 Å². The quantitative estimate of drug-likeness (QED) is 0.736. The Morgan fingerprint density at radius 2 is 2.00 bits per heavy atom. The highest BCUT2D eigenvalue weighted by atomic mass is 16.5. The molecule has 0 bridgehead atoms. The zero-order valence-corrected chi connectivity index (χ0v) is 8.18. The number of rotatable bonds is 3. The molecule has 1 aromatic rings. The molecule has 0 amide bonds. The van der Waals surface area contributed by atoms with E-state index in [1.165, 1.54) is 20.3 Å². The lowest BCUT2D eigenvalue weighted by Crippen LogP contribution is -2.08. The van der Waals surface area contributed by atoms with Crippen LogP contribution < -0.4 is 4.74 Å². The zero-order chi connectivity index (χ0) is 11.4. The molecule has 0 aromatic carbocycles. The van der Waals surface area contributed by atoms with Crippen molar-refractivity contribution < 1.29 is 24.2 Å². The van der Waals surface area contributed by atoms with Gasteiger partial charge in [-0.2, -0.15) is 0 Å².